The highest BCUT2D eigenvalue weighted by molar-refractivity contribution is 6.31. The summed E-state index contributed by atoms with van der Waals surface area (Å²) in [6.45, 7) is 5.94. The van der Waals surface area contributed by atoms with Crippen LogP contribution in [0.5, 0.6) is 0 Å². The Morgan fingerprint density at radius 3 is 2.27 bits per heavy atom. The summed E-state index contributed by atoms with van der Waals surface area (Å²) in [5.74, 6) is 0.159. The van der Waals surface area contributed by atoms with Gasteiger partial charge in [0, 0.05) is 28.8 Å². The molecule has 0 unspecified atom stereocenters. The number of carbonyl (C=O) groups excluding carboxylic acids is 1. The maximum Gasteiger partial charge on any atom is 0.258 e. The monoisotopic (exact) mass is 366 g/mol. The van der Waals surface area contributed by atoms with Gasteiger partial charge in [0.25, 0.3) is 5.91 Å². The summed E-state index contributed by atoms with van der Waals surface area (Å²) < 4.78 is 0. The smallest absolute Gasteiger partial charge is 0.258 e. The van der Waals surface area contributed by atoms with Crippen molar-refractivity contribution in [1.82, 2.24) is 9.97 Å². The Labute approximate surface area is 157 Å². The van der Waals surface area contributed by atoms with Gasteiger partial charge in [-0.05, 0) is 49.6 Å². The van der Waals surface area contributed by atoms with E-state index in [-0.39, 0.29) is 5.91 Å². The molecule has 0 saturated carbocycles. The van der Waals surface area contributed by atoms with Crippen LogP contribution in [0.3, 0.4) is 0 Å². The zero-order chi connectivity index (χ0) is 18.7. The van der Waals surface area contributed by atoms with Crippen LogP contribution in [-0.4, -0.2) is 15.9 Å². The Hall–Kier alpha value is -2.92. The fourth-order valence-electron chi connectivity index (χ4n) is 2.56. The van der Waals surface area contributed by atoms with E-state index in [2.05, 4.69) is 20.6 Å². The molecule has 2 N–H and O–H groups in total. The van der Waals surface area contributed by atoms with E-state index in [1.807, 2.05) is 45.0 Å². The van der Waals surface area contributed by atoms with Crippen molar-refractivity contribution in [3.63, 3.8) is 0 Å². The molecule has 0 fully saturated rings. The molecule has 1 heterocycles. The Balaban J connectivity index is 1.75. The Morgan fingerprint density at radius 2 is 1.62 bits per heavy atom. The van der Waals surface area contributed by atoms with E-state index in [1.54, 1.807) is 12.1 Å². The number of nitrogens with zero attached hydrogens (tertiary/aromatic N) is 2. The topological polar surface area (TPSA) is 66.9 Å². The van der Waals surface area contributed by atoms with Gasteiger partial charge in [-0.25, -0.2) is 9.97 Å². The van der Waals surface area contributed by atoms with Gasteiger partial charge in [-0.1, -0.05) is 35.9 Å². The molecule has 0 aliphatic heterocycles. The molecule has 2 aromatic carbocycles. The first-order chi connectivity index (χ1) is 12.4. The molecule has 3 rings (SSSR count). The molecule has 26 heavy (non-hydrogen) atoms. The van der Waals surface area contributed by atoms with Crippen LogP contribution >= 0.6 is 11.6 Å². The normalized spacial score (nSPS) is 10.5. The molecule has 0 aliphatic rings. The van der Waals surface area contributed by atoms with Gasteiger partial charge in [-0.2, -0.15) is 0 Å². The van der Waals surface area contributed by atoms with Crippen molar-refractivity contribution < 1.29 is 4.79 Å². The summed E-state index contributed by atoms with van der Waals surface area (Å²) in [5, 5.41) is 6.60. The minimum Gasteiger partial charge on any atom is -0.324 e. The highest BCUT2D eigenvalue weighted by Gasteiger charge is 2.10. The summed E-state index contributed by atoms with van der Waals surface area (Å²) in [4.78, 5) is 20.9. The van der Waals surface area contributed by atoms with Gasteiger partial charge in [0.05, 0.1) is 5.56 Å². The number of carbonyl (C=O) groups is 1. The lowest BCUT2D eigenvalue weighted by atomic mass is 10.1. The summed E-state index contributed by atoms with van der Waals surface area (Å²) in [6.07, 6.45) is 3.00. The van der Waals surface area contributed by atoms with Crippen LogP contribution in [0.25, 0.3) is 0 Å². The van der Waals surface area contributed by atoms with Crippen molar-refractivity contribution in [3.8, 4) is 0 Å². The van der Waals surface area contributed by atoms with Gasteiger partial charge in [0.2, 0.25) is 5.95 Å². The van der Waals surface area contributed by atoms with E-state index < -0.39 is 0 Å². The molecule has 0 aliphatic carbocycles. The lowest BCUT2D eigenvalue weighted by molar-refractivity contribution is 0.102. The van der Waals surface area contributed by atoms with Gasteiger partial charge in [-0.15, -0.1) is 0 Å². The Bertz CT molecular complexity index is 934. The van der Waals surface area contributed by atoms with E-state index in [1.165, 1.54) is 12.4 Å². The number of anilines is 3. The van der Waals surface area contributed by atoms with E-state index >= 15 is 0 Å². The van der Waals surface area contributed by atoms with E-state index in [0.717, 1.165) is 22.4 Å². The van der Waals surface area contributed by atoms with Crippen molar-refractivity contribution in [3.05, 3.63) is 76.1 Å². The lowest BCUT2D eigenvalue weighted by Crippen LogP contribution is -2.14. The van der Waals surface area contributed by atoms with Gasteiger partial charge >= 0.3 is 0 Å². The summed E-state index contributed by atoms with van der Waals surface area (Å²) >= 11 is 5.99. The standard InChI is InChI=1S/C20H19ClN4O/c1-12-7-8-16(21)9-17(12)24-19(26)15-10-22-20(23-11-15)25-18-13(2)5-4-6-14(18)3/h4-11H,1-3H3,(H,24,26)(H,22,23,25). The van der Waals surface area contributed by atoms with Crippen LogP contribution in [0.15, 0.2) is 48.8 Å². The minimum atomic E-state index is -0.283. The van der Waals surface area contributed by atoms with Gasteiger partial charge < -0.3 is 10.6 Å². The van der Waals surface area contributed by atoms with Crippen molar-refractivity contribution in [2.75, 3.05) is 10.6 Å². The molecule has 1 aromatic heterocycles. The second kappa shape index (κ2) is 7.54. The van der Waals surface area contributed by atoms with E-state index in [0.29, 0.717) is 22.2 Å². The average Bonchev–Trinajstić information content (AvgIpc) is 2.62. The maximum atomic E-state index is 12.4. The molecule has 0 saturated heterocycles. The average molecular weight is 367 g/mol. The second-order valence-corrected chi connectivity index (χ2v) is 6.54. The predicted molar refractivity (Wildman–Crippen MR) is 105 cm³/mol. The third-order valence-electron chi connectivity index (χ3n) is 4.08. The summed E-state index contributed by atoms with van der Waals surface area (Å²) in [5.41, 5.74) is 5.15. The van der Waals surface area contributed by atoms with Crippen molar-refractivity contribution in [2.24, 2.45) is 0 Å². The number of rotatable bonds is 4. The highest BCUT2D eigenvalue weighted by Crippen LogP contribution is 2.23. The molecule has 1 amide bonds. The number of nitrogens with one attached hydrogen (secondary N) is 2. The third kappa shape index (κ3) is 4.00. The number of halogens is 1. The molecule has 3 aromatic rings. The quantitative estimate of drug-likeness (QED) is 0.678. The summed E-state index contributed by atoms with van der Waals surface area (Å²) in [7, 11) is 0. The van der Waals surface area contributed by atoms with Crippen LogP contribution in [0.4, 0.5) is 17.3 Å². The van der Waals surface area contributed by atoms with Crippen LogP contribution in [-0.2, 0) is 0 Å². The molecular weight excluding hydrogens is 348 g/mol. The molecule has 132 valence electrons. The molecule has 0 atom stereocenters. The van der Waals surface area contributed by atoms with Crippen LogP contribution in [0.2, 0.25) is 5.02 Å². The van der Waals surface area contributed by atoms with E-state index in [9.17, 15) is 4.79 Å². The number of para-hydroxylation sites is 1. The van der Waals surface area contributed by atoms with Crippen molar-refractivity contribution in [2.45, 2.75) is 20.8 Å². The highest BCUT2D eigenvalue weighted by atomic mass is 35.5. The molecule has 5 nitrogen and oxygen atoms in total. The number of hydrogen-bond acceptors (Lipinski definition) is 4. The number of aromatic nitrogens is 2. The van der Waals surface area contributed by atoms with Crippen LogP contribution in [0, 0.1) is 20.8 Å². The third-order valence-corrected chi connectivity index (χ3v) is 4.31. The molecular formula is C20H19ClN4O. The van der Waals surface area contributed by atoms with Crippen LogP contribution in [0.1, 0.15) is 27.0 Å². The largest absolute Gasteiger partial charge is 0.324 e. The number of amides is 1. The van der Waals surface area contributed by atoms with Crippen LogP contribution < -0.4 is 10.6 Å². The number of hydrogen-bond donors (Lipinski definition) is 2. The van der Waals surface area contributed by atoms with Gasteiger partial charge in [-0.3, -0.25) is 4.79 Å². The maximum absolute atomic E-state index is 12.4. The Kier molecular flexibility index (Phi) is 5.19. The van der Waals surface area contributed by atoms with Crippen molar-refractivity contribution in [1.29, 1.82) is 0 Å². The van der Waals surface area contributed by atoms with E-state index in [4.69, 9.17) is 11.6 Å². The minimum absolute atomic E-state index is 0.283. The number of benzene rings is 2. The number of aryl methyl sites for hydroxylation is 3. The zero-order valence-corrected chi connectivity index (χ0v) is 15.6. The van der Waals surface area contributed by atoms with Gasteiger partial charge in [0.15, 0.2) is 0 Å². The molecule has 0 spiro atoms. The van der Waals surface area contributed by atoms with Crippen molar-refractivity contribution >= 4 is 34.8 Å². The molecule has 0 bridgehead atoms. The first kappa shape index (κ1) is 17.9. The predicted octanol–water partition coefficient (Wildman–Crippen LogP) is 5.05. The Morgan fingerprint density at radius 1 is 0.962 bits per heavy atom. The zero-order valence-electron chi connectivity index (χ0n) is 14.8. The fourth-order valence-corrected chi connectivity index (χ4v) is 2.73. The fraction of sp³-hybridized carbons (Fsp3) is 0.150. The first-order valence-electron chi connectivity index (χ1n) is 8.17. The SMILES string of the molecule is Cc1ccc(Cl)cc1NC(=O)c1cnc(Nc2c(C)cccc2C)nc1. The molecule has 6 heteroatoms. The summed E-state index contributed by atoms with van der Waals surface area (Å²) in [6, 6.07) is 11.4. The molecule has 0 radical (unpaired) electrons. The first-order valence-corrected chi connectivity index (χ1v) is 8.54. The van der Waals surface area contributed by atoms with Gasteiger partial charge in [0.1, 0.15) is 0 Å². The second-order valence-electron chi connectivity index (χ2n) is 6.10. The lowest BCUT2D eigenvalue weighted by Gasteiger charge is -2.12.